The molecule has 0 spiro atoms. The van der Waals surface area contributed by atoms with Crippen LogP contribution in [-0.2, 0) is 25.3 Å². The van der Waals surface area contributed by atoms with Gasteiger partial charge in [0.2, 0.25) is 5.91 Å². The first-order valence-corrected chi connectivity index (χ1v) is 8.58. The fraction of sp³-hybridized carbons (Fsp3) is 0.611. The topological polar surface area (TPSA) is 56.8 Å². The Morgan fingerprint density at radius 3 is 2.33 bits per heavy atom. The third kappa shape index (κ3) is 3.66. The smallest absolute Gasteiger partial charge is 0.399 e. The second-order valence-corrected chi connectivity index (χ2v) is 7.63. The van der Waals surface area contributed by atoms with Crippen molar-refractivity contribution in [2.45, 2.75) is 57.8 Å². The number of rotatable bonds is 4. The van der Waals surface area contributed by atoms with Gasteiger partial charge >= 0.3 is 7.12 Å². The molecule has 2 heterocycles. The zero-order valence-corrected chi connectivity index (χ0v) is 14.9. The lowest BCUT2D eigenvalue weighted by Crippen LogP contribution is -2.41. The monoisotopic (exact) mass is 331 g/mol. The first-order valence-electron chi connectivity index (χ1n) is 8.58. The Morgan fingerprint density at radius 1 is 1.17 bits per heavy atom. The molecule has 3 rings (SSSR count). The maximum atomic E-state index is 12.1. The number of nitrogens with one attached hydrogen (secondary N) is 1. The van der Waals surface area contributed by atoms with Gasteiger partial charge in [-0.15, -0.1) is 0 Å². The van der Waals surface area contributed by atoms with Gasteiger partial charge in [-0.05, 0) is 45.1 Å². The molecule has 2 saturated heterocycles. The highest BCUT2D eigenvalue weighted by Crippen LogP contribution is 2.36. The van der Waals surface area contributed by atoms with Crippen molar-refractivity contribution in [2.24, 2.45) is 0 Å². The van der Waals surface area contributed by atoms with Crippen LogP contribution in [0.15, 0.2) is 24.3 Å². The van der Waals surface area contributed by atoms with E-state index < -0.39 is 0 Å². The Kier molecular flexibility index (Phi) is 4.73. The minimum atomic E-state index is -0.367. The molecule has 2 fully saturated rings. The summed E-state index contributed by atoms with van der Waals surface area (Å²) in [6.45, 7) is 9.51. The Hall–Kier alpha value is -1.37. The van der Waals surface area contributed by atoms with Crippen LogP contribution in [0.5, 0.6) is 0 Å². The van der Waals surface area contributed by atoms with E-state index in [4.69, 9.17) is 14.0 Å². The highest BCUT2D eigenvalue weighted by atomic mass is 16.7. The van der Waals surface area contributed by atoms with Crippen LogP contribution in [0.25, 0.3) is 0 Å². The van der Waals surface area contributed by atoms with Crippen LogP contribution in [0, 0.1) is 0 Å². The van der Waals surface area contributed by atoms with Crippen molar-refractivity contribution >= 4 is 18.5 Å². The molecule has 0 bridgehead atoms. The molecule has 6 heteroatoms. The molecule has 1 N–H and O–H groups in total. The van der Waals surface area contributed by atoms with Crippen molar-refractivity contribution in [1.82, 2.24) is 5.32 Å². The molecule has 2 aliphatic rings. The Bertz CT molecular complexity index is 578. The summed E-state index contributed by atoms with van der Waals surface area (Å²) in [4.78, 5) is 12.1. The fourth-order valence-corrected chi connectivity index (χ4v) is 2.88. The molecule has 5 nitrogen and oxygen atoms in total. The van der Waals surface area contributed by atoms with E-state index >= 15 is 0 Å². The van der Waals surface area contributed by atoms with E-state index in [0.29, 0.717) is 13.0 Å². The van der Waals surface area contributed by atoms with Crippen LogP contribution in [0.2, 0.25) is 0 Å². The highest BCUT2D eigenvalue weighted by Gasteiger charge is 2.51. The average Bonchev–Trinajstić information content (AvgIpc) is 3.06. The molecular formula is C18H26BNO4. The largest absolute Gasteiger partial charge is 0.494 e. The van der Waals surface area contributed by atoms with Crippen molar-refractivity contribution in [2.75, 3.05) is 13.2 Å². The minimum Gasteiger partial charge on any atom is -0.399 e. The predicted octanol–water partition coefficient (Wildman–Crippen LogP) is 1.43. The lowest BCUT2D eigenvalue weighted by Gasteiger charge is -2.32. The molecule has 0 aromatic heterocycles. The number of hydrogen-bond acceptors (Lipinski definition) is 4. The van der Waals surface area contributed by atoms with E-state index in [9.17, 15) is 4.79 Å². The molecule has 0 aliphatic carbocycles. The molecule has 0 radical (unpaired) electrons. The van der Waals surface area contributed by atoms with Crippen molar-refractivity contribution in [1.29, 1.82) is 0 Å². The molecule has 1 aromatic rings. The maximum Gasteiger partial charge on any atom is 0.494 e. The van der Waals surface area contributed by atoms with Crippen LogP contribution in [0.3, 0.4) is 0 Å². The third-order valence-corrected chi connectivity index (χ3v) is 5.16. The number of ether oxygens (including phenoxy) is 1. The van der Waals surface area contributed by atoms with Gasteiger partial charge < -0.3 is 19.4 Å². The number of carbonyl (C=O) groups is 1. The van der Waals surface area contributed by atoms with E-state index in [1.54, 1.807) is 0 Å². The van der Waals surface area contributed by atoms with Crippen LogP contribution in [-0.4, -0.2) is 43.5 Å². The summed E-state index contributed by atoms with van der Waals surface area (Å²) in [5.41, 5.74) is 1.26. The van der Waals surface area contributed by atoms with Crippen LogP contribution >= 0.6 is 0 Å². The van der Waals surface area contributed by atoms with Gasteiger partial charge in [-0.3, -0.25) is 4.79 Å². The van der Waals surface area contributed by atoms with Crippen LogP contribution < -0.4 is 10.8 Å². The quantitative estimate of drug-likeness (QED) is 0.848. The molecule has 24 heavy (non-hydrogen) atoms. The van der Waals surface area contributed by atoms with E-state index in [-0.39, 0.29) is 30.3 Å². The van der Waals surface area contributed by atoms with Gasteiger partial charge in [0, 0.05) is 6.61 Å². The summed E-state index contributed by atoms with van der Waals surface area (Å²) >= 11 is 0. The molecular weight excluding hydrogens is 305 g/mol. The summed E-state index contributed by atoms with van der Waals surface area (Å²) in [7, 11) is -0.367. The van der Waals surface area contributed by atoms with Crippen LogP contribution in [0.1, 0.15) is 39.7 Å². The molecule has 1 unspecified atom stereocenters. The Balaban J connectivity index is 1.58. The van der Waals surface area contributed by atoms with Gasteiger partial charge in [0.15, 0.2) is 0 Å². The van der Waals surface area contributed by atoms with Crippen LogP contribution in [0.4, 0.5) is 0 Å². The molecule has 130 valence electrons. The average molecular weight is 331 g/mol. The van der Waals surface area contributed by atoms with Gasteiger partial charge in [-0.25, -0.2) is 0 Å². The van der Waals surface area contributed by atoms with E-state index in [2.05, 4.69) is 5.32 Å². The highest BCUT2D eigenvalue weighted by molar-refractivity contribution is 6.62. The molecule has 1 atom stereocenters. The van der Waals surface area contributed by atoms with Crippen molar-refractivity contribution in [3.05, 3.63) is 29.8 Å². The molecule has 2 aliphatic heterocycles. The van der Waals surface area contributed by atoms with E-state index in [0.717, 1.165) is 24.1 Å². The lowest BCUT2D eigenvalue weighted by atomic mass is 9.79. The normalized spacial score (nSPS) is 25.0. The summed E-state index contributed by atoms with van der Waals surface area (Å²) in [6.07, 6.45) is 1.27. The predicted molar refractivity (Wildman–Crippen MR) is 93.2 cm³/mol. The lowest BCUT2D eigenvalue weighted by molar-refractivity contribution is -0.121. The van der Waals surface area contributed by atoms with Crippen molar-refractivity contribution < 1.29 is 18.8 Å². The van der Waals surface area contributed by atoms with Crippen molar-refractivity contribution in [3.8, 4) is 0 Å². The van der Waals surface area contributed by atoms with Crippen molar-refractivity contribution in [3.63, 3.8) is 0 Å². The zero-order chi connectivity index (χ0) is 17.4. The Labute approximate surface area is 144 Å². The zero-order valence-electron chi connectivity index (χ0n) is 14.9. The summed E-state index contributed by atoms with van der Waals surface area (Å²) in [5.74, 6) is 0.0360. The fourth-order valence-electron chi connectivity index (χ4n) is 2.88. The molecule has 1 amide bonds. The summed E-state index contributed by atoms with van der Waals surface area (Å²) < 4.78 is 17.4. The second-order valence-electron chi connectivity index (χ2n) is 7.63. The molecule has 1 aromatic carbocycles. The van der Waals surface area contributed by atoms with Gasteiger partial charge in [-0.1, -0.05) is 24.3 Å². The first kappa shape index (κ1) is 17.5. The minimum absolute atomic E-state index is 0.0360. The number of carbonyl (C=O) groups excluding carboxylic acids is 1. The number of benzene rings is 1. The molecule has 0 saturated carbocycles. The third-order valence-electron chi connectivity index (χ3n) is 5.16. The number of amides is 1. The first-order chi connectivity index (χ1) is 11.3. The second kappa shape index (κ2) is 6.50. The van der Waals surface area contributed by atoms with E-state index in [1.165, 1.54) is 0 Å². The summed E-state index contributed by atoms with van der Waals surface area (Å²) in [6, 6.07) is 8.03. The standard InChI is InChI=1S/C18H26BNO4/c1-17(2)18(3,4)24-19(23-17)14-7-5-13(6-8-14)11-16(21)20-15-9-10-22-12-15/h5-8,15H,9-12H2,1-4H3,(H,20,21). The maximum absolute atomic E-state index is 12.1. The van der Waals surface area contributed by atoms with Gasteiger partial charge in [-0.2, -0.15) is 0 Å². The number of hydrogen-bond donors (Lipinski definition) is 1. The van der Waals surface area contributed by atoms with E-state index in [1.807, 2.05) is 52.0 Å². The van der Waals surface area contributed by atoms with Gasteiger partial charge in [0.1, 0.15) is 0 Å². The summed E-state index contributed by atoms with van der Waals surface area (Å²) in [5, 5.41) is 3.01. The SMILES string of the molecule is CC1(C)OB(c2ccc(CC(=O)NC3CCOC3)cc2)OC1(C)C. The Morgan fingerprint density at radius 2 is 1.79 bits per heavy atom. The van der Waals surface area contributed by atoms with Gasteiger partial charge in [0.05, 0.1) is 30.3 Å². The van der Waals surface area contributed by atoms with Gasteiger partial charge in [0.25, 0.3) is 0 Å².